The van der Waals surface area contributed by atoms with Gasteiger partial charge >= 0.3 is 0 Å². The number of hydrogen-bond donors (Lipinski definition) is 2. The van der Waals surface area contributed by atoms with Gasteiger partial charge < -0.3 is 15.2 Å². The second-order valence-corrected chi connectivity index (χ2v) is 7.99. The van der Waals surface area contributed by atoms with E-state index in [-0.39, 0.29) is 17.3 Å². The molecule has 0 spiro atoms. The van der Waals surface area contributed by atoms with Crippen LogP contribution in [0.5, 0.6) is 11.6 Å². The molecule has 2 aliphatic rings. The predicted molar refractivity (Wildman–Crippen MR) is 103 cm³/mol. The average Bonchev–Trinajstić information content (AvgIpc) is 3.04. The van der Waals surface area contributed by atoms with Gasteiger partial charge in [0.05, 0.1) is 18.1 Å². The number of pyridine rings is 1. The number of rotatable bonds is 3. The molecule has 0 saturated carbocycles. The molecule has 5 rings (SSSR count). The van der Waals surface area contributed by atoms with Crippen molar-refractivity contribution in [2.24, 2.45) is 0 Å². The first-order chi connectivity index (χ1) is 13.5. The molecule has 2 saturated heterocycles. The first-order valence-electron chi connectivity index (χ1n) is 9.48. The van der Waals surface area contributed by atoms with Crippen LogP contribution in [-0.2, 0) is 0 Å². The molecule has 2 aliphatic heterocycles. The Balaban J connectivity index is 1.38. The fourth-order valence-electron chi connectivity index (χ4n) is 4.39. The maximum Gasteiger partial charge on any atom is 0.232 e. The van der Waals surface area contributed by atoms with E-state index in [2.05, 4.69) is 27.2 Å². The first kappa shape index (κ1) is 17.3. The largest absolute Gasteiger partial charge is 0.507 e. The zero-order chi connectivity index (χ0) is 19.3. The summed E-state index contributed by atoms with van der Waals surface area (Å²) in [6.45, 7) is 2.11. The maximum absolute atomic E-state index is 14.7. The number of hydrogen-bond acceptors (Lipinski definition) is 6. The van der Waals surface area contributed by atoms with E-state index >= 15 is 0 Å². The van der Waals surface area contributed by atoms with Gasteiger partial charge in [0.1, 0.15) is 11.9 Å². The monoisotopic (exact) mass is 380 g/mol. The van der Waals surface area contributed by atoms with Gasteiger partial charge in [0.2, 0.25) is 5.88 Å². The predicted octanol–water partition coefficient (Wildman–Crippen LogP) is 3.40. The Bertz CT molecular complexity index is 1030. The van der Waals surface area contributed by atoms with Crippen LogP contribution in [0.15, 0.2) is 43.0 Å². The minimum absolute atomic E-state index is 0.0724. The number of fused-ring (bicyclic) bond motifs is 3. The fourth-order valence-corrected chi connectivity index (χ4v) is 4.39. The number of alkyl halides is 1. The Hall–Kier alpha value is -2.80. The summed E-state index contributed by atoms with van der Waals surface area (Å²) in [6, 6.07) is 5.22. The van der Waals surface area contributed by atoms with E-state index in [4.69, 9.17) is 4.74 Å². The highest BCUT2D eigenvalue weighted by Gasteiger charge is 2.49. The summed E-state index contributed by atoms with van der Waals surface area (Å²) in [4.78, 5) is 12.7. The summed E-state index contributed by atoms with van der Waals surface area (Å²) < 4.78 is 20.5. The number of nitrogens with zero attached hydrogens (tertiary/aromatic N) is 3. The molecular formula is C21H21FN4O2. The van der Waals surface area contributed by atoms with E-state index in [0.717, 1.165) is 23.6 Å². The highest BCUT2D eigenvalue weighted by molar-refractivity contribution is 5.89. The van der Waals surface area contributed by atoms with Crippen molar-refractivity contribution in [3.05, 3.63) is 43.0 Å². The standard InChI is InChI=1S/C21H21FN4O2/c1-21-4-2-15(26-21)20(22)18(8-21)28-19-11-24-16(10-25-19)14-6-12-3-5-23-9-13(12)7-17(14)27/h3,5-7,9-11,15,18,20,26-27H,2,4,8H2,1H3/t15-,18+,20+,21+/m1/s1. The molecule has 1 aromatic carbocycles. The van der Waals surface area contributed by atoms with Crippen LogP contribution in [0.2, 0.25) is 0 Å². The summed E-state index contributed by atoms with van der Waals surface area (Å²) >= 11 is 0. The number of aromatic nitrogens is 3. The molecule has 4 heterocycles. The molecule has 7 heteroatoms. The number of phenols is 1. The molecule has 0 aliphatic carbocycles. The van der Waals surface area contributed by atoms with Crippen molar-refractivity contribution in [3.8, 4) is 22.9 Å². The van der Waals surface area contributed by atoms with Crippen molar-refractivity contribution in [1.82, 2.24) is 20.3 Å². The van der Waals surface area contributed by atoms with Gasteiger partial charge in [0.25, 0.3) is 0 Å². The highest BCUT2D eigenvalue weighted by Crippen LogP contribution is 2.38. The molecule has 0 unspecified atom stereocenters. The van der Waals surface area contributed by atoms with Crippen LogP contribution in [0.25, 0.3) is 22.0 Å². The molecular weight excluding hydrogens is 359 g/mol. The zero-order valence-corrected chi connectivity index (χ0v) is 15.5. The van der Waals surface area contributed by atoms with Crippen LogP contribution in [0.3, 0.4) is 0 Å². The van der Waals surface area contributed by atoms with Gasteiger partial charge in [-0.25, -0.2) is 14.4 Å². The molecule has 0 radical (unpaired) electrons. The molecule has 4 atom stereocenters. The van der Waals surface area contributed by atoms with E-state index in [1.807, 2.05) is 12.1 Å². The Morgan fingerprint density at radius 3 is 2.93 bits per heavy atom. The Labute approximate surface area is 161 Å². The highest BCUT2D eigenvalue weighted by atomic mass is 19.1. The van der Waals surface area contributed by atoms with Gasteiger partial charge in [-0.2, -0.15) is 0 Å². The van der Waals surface area contributed by atoms with Crippen molar-refractivity contribution < 1.29 is 14.2 Å². The molecule has 0 amide bonds. The van der Waals surface area contributed by atoms with Crippen molar-refractivity contribution in [3.63, 3.8) is 0 Å². The second-order valence-electron chi connectivity index (χ2n) is 7.99. The van der Waals surface area contributed by atoms with E-state index in [9.17, 15) is 9.50 Å². The minimum atomic E-state index is -1.06. The Morgan fingerprint density at radius 2 is 2.11 bits per heavy atom. The summed E-state index contributed by atoms with van der Waals surface area (Å²) in [5, 5.41) is 15.5. The Morgan fingerprint density at radius 1 is 1.21 bits per heavy atom. The lowest BCUT2D eigenvalue weighted by Gasteiger charge is -2.38. The zero-order valence-electron chi connectivity index (χ0n) is 15.5. The topological polar surface area (TPSA) is 80.2 Å². The lowest BCUT2D eigenvalue weighted by Crippen LogP contribution is -2.57. The minimum Gasteiger partial charge on any atom is -0.507 e. The maximum atomic E-state index is 14.7. The summed E-state index contributed by atoms with van der Waals surface area (Å²) in [6.07, 6.45) is 7.24. The number of halogens is 1. The van der Waals surface area contributed by atoms with Gasteiger partial charge in [-0.1, -0.05) is 0 Å². The third kappa shape index (κ3) is 2.96. The fraction of sp³-hybridized carbons (Fsp3) is 0.381. The molecule has 2 fully saturated rings. The summed E-state index contributed by atoms with van der Waals surface area (Å²) in [5.74, 6) is 0.404. The van der Waals surface area contributed by atoms with Crippen molar-refractivity contribution in [1.29, 1.82) is 0 Å². The van der Waals surface area contributed by atoms with E-state index in [1.165, 1.54) is 6.20 Å². The van der Waals surface area contributed by atoms with Crippen molar-refractivity contribution in [2.75, 3.05) is 0 Å². The third-order valence-corrected chi connectivity index (χ3v) is 5.86. The molecule has 2 bridgehead atoms. The molecule has 2 N–H and O–H groups in total. The SMILES string of the molecule is C[C@@]12CC[C@@H](N1)[C@H](F)[C@@H](Oc1cnc(-c3cc4ccncc4cc3O)cn1)C2. The lowest BCUT2D eigenvalue weighted by molar-refractivity contribution is 0.0237. The first-order valence-corrected chi connectivity index (χ1v) is 9.48. The lowest BCUT2D eigenvalue weighted by atomic mass is 9.90. The number of piperidine rings is 1. The van der Waals surface area contributed by atoms with E-state index in [1.54, 1.807) is 24.7 Å². The van der Waals surface area contributed by atoms with E-state index in [0.29, 0.717) is 23.6 Å². The van der Waals surface area contributed by atoms with E-state index < -0.39 is 12.3 Å². The van der Waals surface area contributed by atoms with Crippen molar-refractivity contribution >= 4 is 10.8 Å². The van der Waals surface area contributed by atoms with Crippen LogP contribution in [0, 0.1) is 0 Å². The number of phenolic OH excluding ortho intramolecular Hbond substituents is 1. The van der Waals surface area contributed by atoms with Gasteiger partial charge in [0.15, 0.2) is 6.17 Å². The number of ether oxygens (including phenoxy) is 1. The second kappa shape index (κ2) is 6.38. The molecule has 3 aromatic rings. The quantitative estimate of drug-likeness (QED) is 0.725. The van der Waals surface area contributed by atoms with Gasteiger partial charge in [-0.15, -0.1) is 0 Å². The Kier molecular flexibility index (Phi) is 3.94. The normalized spacial score (nSPS) is 29.1. The van der Waals surface area contributed by atoms with Crippen molar-refractivity contribution in [2.45, 2.75) is 50.0 Å². The number of aromatic hydroxyl groups is 1. The smallest absolute Gasteiger partial charge is 0.232 e. The molecule has 2 aromatic heterocycles. The van der Waals surface area contributed by atoms with Crippen LogP contribution >= 0.6 is 0 Å². The van der Waals surface area contributed by atoms with Gasteiger partial charge in [-0.05, 0) is 43.4 Å². The third-order valence-electron chi connectivity index (χ3n) is 5.86. The summed E-state index contributed by atoms with van der Waals surface area (Å²) in [7, 11) is 0. The number of nitrogens with one attached hydrogen (secondary N) is 1. The molecule has 28 heavy (non-hydrogen) atoms. The van der Waals surface area contributed by atoms with Gasteiger partial charge in [0, 0.05) is 41.3 Å². The van der Waals surface area contributed by atoms with Crippen LogP contribution in [0.1, 0.15) is 26.2 Å². The molecule has 6 nitrogen and oxygen atoms in total. The number of benzene rings is 1. The van der Waals surface area contributed by atoms with Crippen LogP contribution < -0.4 is 10.1 Å². The van der Waals surface area contributed by atoms with Crippen LogP contribution in [0.4, 0.5) is 4.39 Å². The molecule has 144 valence electrons. The summed E-state index contributed by atoms with van der Waals surface area (Å²) in [5.41, 5.74) is 1.03. The van der Waals surface area contributed by atoms with Gasteiger partial charge in [-0.3, -0.25) is 4.98 Å². The van der Waals surface area contributed by atoms with Crippen LogP contribution in [-0.4, -0.2) is 43.9 Å². The average molecular weight is 380 g/mol.